The van der Waals surface area contributed by atoms with Gasteiger partial charge in [-0.15, -0.1) is 0 Å². The minimum absolute atomic E-state index is 0.304. The van der Waals surface area contributed by atoms with Gasteiger partial charge in [-0.1, -0.05) is 0 Å². The van der Waals surface area contributed by atoms with Crippen LogP contribution in [-0.4, -0.2) is 38.0 Å². The lowest BCUT2D eigenvalue weighted by molar-refractivity contribution is 0.0471. The lowest BCUT2D eigenvalue weighted by Gasteiger charge is -2.15. The SMILES string of the molecule is CCOC(C)CNCC1CCC(C)O1. The molecule has 3 atom stereocenters. The Balaban J connectivity index is 1.98. The Hall–Kier alpha value is -0.120. The zero-order valence-corrected chi connectivity index (χ0v) is 9.58. The molecule has 0 spiro atoms. The Morgan fingerprint density at radius 3 is 2.86 bits per heavy atom. The van der Waals surface area contributed by atoms with Crippen LogP contribution in [-0.2, 0) is 9.47 Å². The van der Waals surface area contributed by atoms with Crippen molar-refractivity contribution in [1.82, 2.24) is 5.32 Å². The summed E-state index contributed by atoms with van der Waals surface area (Å²) in [7, 11) is 0. The summed E-state index contributed by atoms with van der Waals surface area (Å²) in [4.78, 5) is 0. The summed E-state index contributed by atoms with van der Waals surface area (Å²) in [5.74, 6) is 0. The molecule has 0 aromatic heterocycles. The fraction of sp³-hybridized carbons (Fsp3) is 1.00. The highest BCUT2D eigenvalue weighted by Gasteiger charge is 2.21. The van der Waals surface area contributed by atoms with Gasteiger partial charge in [-0.25, -0.2) is 0 Å². The third kappa shape index (κ3) is 4.40. The lowest BCUT2D eigenvalue weighted by Crippen LogP contribution is -2.33. The van der Waals surface area contributed by atoms with Gasteiger partial charge in [-0.3, -0.25) is 0 Å². The largest absolute Gasteiger partial charge is 0.377 e. The van der Waals surface area contributed by atoms with E-state index >= 15 is 0 Å². The first-order valence-electron chi connectivity index (χ1n) is 5.70. The van der Waals surface area contributed by atoms with Crippen LogP contribution in [0.2, 0.25) is 0 Å². The molecule has 84 valence electrons. The number of nitrogens with one attached hydrogen (secondary N) is 1. The number of hydrogen-bond acceptors (Lipinski definition) is 3. The first kappa shape index (κ1) is 12.0. The summed E-state index contributed by atoms with van der Waals surface area (Å²) < 4.78 is 11.1. The first-order valence-corrected chi connectivity index (χ1v) is 5.70. The van der Waals surface area contributed by atoms with E-state index in [-0.39, 0.29) is 0 Å². The van der Waals surface area contributed by atoms with Crippen LogP contribution in [0.3, 0.4) is 0 Å². The molecule has 1 fully saturated rings. The van der Waals surface area contributed by atoms with E-state index in [0.29, 0.717) is 18.3 Å². The molecule has 0 aromatic rings. The topological polar surface area (TPSA) is 30.5 Å². The zero-order chi connectivity index (χ0) is 10.4. The van der Waals surface area contributed by atoms with Gasteiger partial charge in [0, 0.05) is 19.7 Å². The van der Waals surface area contributed by atoms with Crippen molar-refractivity contribution in [1.29, 1.82) is 0 Å². The summed E-state index contributed by atoms with van der Waals surface area (Å²) in [6.45, 7) is 8.93. The average Bonchev–Trinajstić information content (AvgIpc) is 2.52. The molecule has 1 N–H and O–H groups in total. The van der Waals surface area contributed by atoms with Crippen LogP contribution in [0, 0.1) is 0 Å². The summed E-state index contributed by atoms with van der Waals surface area (Å²) in [5.41, 5.74) is 0. The molecule has 3 nitrogen and oxygen atoms in total. The van der Waals surface area contributed by atoms with Gasteiger partial charge in [0.05, 0.1) is 18.3 Å². The molecule has 3 unspecified atom stereocenters. The van der Waals surface area contributed by atoms with Crippen molar-refractivity contribution < 1.29 is 9.47 Å². The second-order valence-corrected chi connectivity index (χ2v) is 4.07. The molecule has 1 rings (SSSR count). The van der Waals surface area contributed by atoms with E-state index in [1.54, 1.807) is 0 Å². The van der Waals surface area contributed by atoms with Crippen molar-refractivity contribution in [2.24, 2.45) is 0 Å². The molecular weight excluding hydrogens is 178 g/mol. The predicted molar refractivity (Wildman–Crippen MR) is 57.5 cm³/mol. The van der Waals surface area contributed by atoms with Crippen LogP contribution in [0.15, 0.2) is 0 Å². The van der Waals surface area contributed by atoms with Crippen molar-refractivity contribution >= 4 is 0 Å². The number of hydrogen-bond donors (Lipinski definition) is 1. The molecule has 1 aliphatic rings. The van der Waals surface area contributed by atoms with E-state index in [1.165, 1.54) is 12.8 Å². The molecule has 0 amide bonds. The minimum Gasteiger partial charge on any atom is -0.377 e. The Bertz CT molecular complexity index is 152. The standard InChI is InChI=1S/C11H23NO2/c1-4-13-10(3)7-12-8-11-6-5-9(2)14-11/h9-12H,4-8H2,1-3H3. The average molecular weight is 201 g/mol. The summed E-state index contributed by atoms with van der Waals surface area (Å²) in [6.07, 6.45) is 3.56. The van der Waals surface area contributed by atoms with E-state index in [0.717, 1.165) is 19.7 Å². The normalized spacial score (nSPS) is 29.4. The molecular formula is C11H23NO2. The second-order valence-electron chi connectivity index (χ2n) is 4.07. The molecule has 3 heteroatoms. The molecule has 0 aliphatic carbocycles. The third-order valence-corrected chi connectivity index (χ3v) is 2.57. The highest BCUT2D eigenvalue weighted by molar-refractivity contribution is 4.72. The smallest absolute Gasteiger partial charge is 0.0704 e. The molecule has 0 saturated carbocycles. The van der Waals surface area contributed by atoms with Gasteiger partial charge >= 0.3 is 0 Å². The van der Waals surface area contributed by atoms with Gasteiger partial charge < -0.3 is 14.8 Å². The Labute approximate surface area is 87.2 Å². The molecule has 0 aromatic carbocycles. The maximum atomic E-state index is 5.70. The Morgan fingerprint density at radius 1 is 1.50 bits per heavy atom. The van der Waals surface area contributed by atoms with Crippen LogP contribution in [0.1, 0.15) is 33.6 Å². The van der Waals surface area contributed by atoms with Crippen molar-refractivity contribution in [3.63, 3.8) is 0 Å². The van der Waals surface area contributed by atoms with Crippen LogP contribution in [0.4, 0.5) is 0 Å². The molecule has 1 saturated heterocycles. The maximum absolute atomic E-state index is 5.70. The van der Waals surface area contributed by atoms with E-state index in [2.05, 4.69) is 19.2 Å². The monoisotopic (exact) mass is 201 g/mol. The van der Waals surface area contributed by atoms with Crippen molar-refractivity contribution in [3.8, 4) is 0 Å². The third-order valence-electron chi connectivity index (χ3n) is 2.57. The van der Waals surface area contributed by atoms with Crippen LogP contribution >= 0.6 is 0 Å². The summed E-state index contributed by atoms with van der Waals surface area (Å²) >= 11 is 0. The fourth-order valence-electron chi connectivity index (χ4n) is 1.83. The van der Waals surface area contributed by atoms with Crippen molar-refractivity contribution in [2.75, 3.05) is 19.7 Å². The summed E-state index contributed by atoms with van der Waals surface area (Å²) in [5, 5.41) is 3.38. The highest BCUT2D eigenvalue weighted by atomic mass is 16.5. The van der Waals surface area contributed by atoms with E-state index in [9.17, 15) is 0 Å². The highest BCUT2D eigenvalue weighted by Crippen LogP contribution is 2.17. The molecule has 0 radical (unpaired) electrons. The maximum Gasteiger partial charge on any atom is 0.0704 e. The van der Waals surface area contributed by atoms with Gasteiger partial charge in [0.2, 0.25) is 0 Å². The van der Waals surface area contributed by atoms with E-state index in [1.807, 2.05) is 6.92 Å². The van der Waals surface area contributed by atoms with Gasteiger partial charge in [-0.05, 0) is 33.6 Å². The Morgan fingerprint density at radius 2 is 2.29 bits per heavy atom. The second kappa shape index (κ2) is 6.38. The molecule has 0 bridgehead atoms. The van der Waals surface area contributed by atoms with Gasteiger partial charge in [0.15, 0.2) is 0 Å². The quantitative estimate of drug-likeness (QED) is 0.707. The van der Waals surface area contributed by atoms with E-state index < -0.39 is 0 Å². The van der Waals surface area contributed by atoms with Crippen LogP contribution in [0.5, 0.6) is 0 Å². The van der Waals surface area contributed by atoms with Crippen molar-refractivity contribution in [3.05, 3.63) is 0 Å². The van der Waals surface area contributed by atoms with E-state index in [4.69, 9.17) is 9.47 Å². The number of rotatable bonds is 6. The van der Waals surface area contributed by atoms with Gasteiger partial charge in [-0.2, -0.15) is 0 Å². The first-order chi connectivity index (χ1) is 6.72. The fourth-order valence-corrected chi connectivity index (χ4v) is 1.83. The molecule has 1 heterocycles. The summed E-state index contributed by atoms with van der Waals surface area (Å²) in [6, 6.07) is 0. The van der Waals surface area contributed by atoms with Gasteiger partial charge in [0.25, 0.3) is 0 Å². The van der Waals surface area contributed by atoms with Crippen LogP contribution in [0.25, 0.3) is 0 Å². The minimum atomic E-state index is 0.304. The Kier molecular flexibility index (Phi) is 5.45. The zero-order valence-electron chi connectivity index (χ0n) is 9.58. The molecule has 1 aliphatic heterocycles. The number of ether oxygens (including phenoxy) is 2. The van der Waals surface area contributed by atoms with Crippen molar-refractivity contribution in [2.45, 2.75) is 51.9 Å². The van der Waals surface area contributed by atoms with Crippen LogP contribution < -0.4 is 5.32 Å². The predicted octanol–water partition coefficient (Wildman–Crippen LogP) is 1.57. The lowest BCUT2D eigenvalue weighted by atomic mass is 10.2. The van der Waals surface area contributed by atoms with Gasteiger partial charge in [0.1, 0.15) is 0 Å². The molecule has 14 heavy (non-hydrogen) atoms.